The molecule has 14 heteroatoms. The number of nitrogens with one attached hydrogen (secondary N) is 2. The van der Waals surface area contributed by atoms with Crippen LogP contribution in [0.2, 0.25) is 0 Å². The lowest BCUT2D eigenvalue weighted by atomic mass is 10.1. The normalized spacial score (nSPS) is 10.8. The van der Waals surface area contributed by atoms with Crippen molar-refractivity contribution in [3.8, 4) is 0 Å². The summed E-state index contributed by atoms with van der Waals surface area (Å²) in [5.74, 6) is 0. The summed E-state index contributed by atoms with van der Waals surface area (Å²) in [7, 11) is 2.78. The summed E-state index contributed by atoms with van der Waals surface area (Å²) in [6.07, 6.45) is 5.18. The van der Waals surface area contributed by atoms with Gasteiger partial charge < -0.3 is 18.9 Å². The van der Waals surface area contributed by atoms with Gasteiger partial charge in [-0.2, -0.15) is 10.2 Å². The molecular formula is C28H34N6O6S2. The molecule has 2 rings (SSSR count). The second-order valence-corrected chi connectivity index (χ2v) is 8.44. The Labute approximate surface area is 255 Å². The Morgan fingerprint density at radius 1 is 0.667 bits per heavy atom. The van der Waals surface area contributed by atoms with Gasteiger partial charge in [-0.15, -0.1) is 0 Å². The SMILES string of the molecule is CCOC(=O)N/N=C/c1ccccc1C=NCC(=S)OCC.COC(=O)N/N=C/c1ccccc1C=NCC(=S)OC. The molecule has 0 aromatic heterocycles. The van der Waals surface area contributed by atoms with Crippen LogP contribution in [0, 0.1) is 0 Å². The number of benzene rings is 2. The second kappa shape index (κ2) is 22.2. The van der Waals surface area contributed by atoms with Gasteiger partial charge in [0.2, 0.25) is 0 Å². The van der Waals surface area contributed by atoms with Gasteiger partial charge in [0, 0.05) is 34.7 Å². The standard InChI is InChI=1S/C15H19N3O3S.C13H15N3O3S/c1-3-20-14(22)11-16-9-12-7-5-6-8-13(12)10-17-18-15(19)21-4-2;1-18-12(20)9-14-7-10-5-3-4-6-11(10)8-15-16-13(17)19-2/h5-10H,3-4,11H2,1-2H3,(H,18,19);3-8H,9H2,1-2H3,(H,16,17)/b16-9?,17-10+;14-7?,15-8+. The molecule has 2 amide bonds. The third-order valence-corrected chi connectivity index (χ3v) is 5.15. The first-order chi connectivity index (χ1) is 20.3. The minimum Gasteiger partial charge on any atom is -0.488 e. The van der Waals surface area contributed by atoms with E-state index in [0.717, 1.165) is 22.3 Å². The highest BCUT2D eigenvalue weighted by Gasteiger charge is 2.00. The van der Waals surface area contributed by atoms with Crippen molar-refractivity contribution in [2.75, 3.05) is 40.5 Å². The minimum atomic E-state index is -0.627. The third kappa shape index (κ3) is 15.9. The van der Waals surface area contributed by atoms with E-state index in [4.69, 9.17) is 38.6 Å². The van der Waals surface area contributed by atoms with Gasteiger partial charge in [0.25, 0.3) is 0 Å². The Hall–Kier alpha value is -4.56. The van der Waals surface area contributed by atoms with Crippen LogP contribution in [-0.2, 0) is 18.9 Å². The lowest BCUT2D eigenvalue weighted by Crippen LogP contribution is -2.18. The molecule has 0 aliphatic carbocycles. The van der Waals surface area contributed by atoms with Crippen LogP contribution in [0.4, 0.5) is 9.59 Å². The molecule has 0 aliphatic rings. The highest BCUT2D eigenvalue weighted by Crippen LogP contribution is 2.04. The number of hydrogen-bond acceptors (Lipinski definition) is 12. The maximum absolute atomic E-state index is 11.1. The lowest BCUT2D eigenvalue weighted by Gasteiger charge is -2.02. The number of methoxy groups -OCH3 is 2. The first-order valence-corrected chi connectivity index (χ1v) is 13.4. The summed E-state index contributed by atoms with van der Waals surface area (Å²) in [4.78, 5) is 30.4. The van der Waals surface area contributed by atoms with E-state index in [1.165, 1.54) is 26.6 Å². The molecule has 0 unspecified atom stereocenters. The Morgan fingerprint density at radius 2 is 1.10 bits per heavy atom. The molecule has 0 spiro atoms. The van der Waals surface area contributed by atoms with Gasteiger partial charge in [-0.3, -0.25) is 9.98 Å². The molecular weight excluding hydrogens is 580 g/mol. The summed E-state index contributed by atoms with van der Waals surface area (Å²) in [6, 6.07) is 15.0. The molecule has 12 nitrogen and oxygen atoms in total. The molecule has 0 saturated heterocycles. The first kappa shape index (κ1) is 35.5. The number of nitrogens with zero attached hydrogens (tertiary/aromatic N) is 4. The van der Waals surface area contributed by atoms with E-state index in [1.54, 1.807) is 19.4 Å². The Bertz CT molecular complexity index is 1190. The fourth-order valence-electron chi connectivity index (χ4n) is 2.72. The Kier molecular flexibility index (Phi) is 18.7. The molecule has 2 aromatic carbocycles. The van der Waals surface area contributed by atoms with Crippen LogP contribution in [0.1, 0.15) is 36.1 Å². The van der Waals surface area contributed by atoms with Gasteiger partial charge in [0.1, 0.15) is 13.1 Å². The van der Waals surface area contributed by atoms with E-state index in [-0.39, 0.29) is 0 Å². The molecule has 0 radical (unpaired) electrons. The van der Waals surface area contributed by atoms with E-state index in [2.05, 4.69) is 35.8 Å². The van der Waals surface area contributed by atoms with Crippen molar-refractivity contribution in [1.82, 2.24) is 10.9 Å². The number of thiocarbonyl (C=S) groups is 2. The van der Waals surface area contributed by atoms with Crippen molar-refractivity contribution in [3.05, 3.63) is 70.8 Å². The molecule has 0 aliphatic heterocycles. The molecule has 0 fully saturated rings. The van der Waals surface area contributed by atoms with Crippen molar-refractivity contribution >= 4 is 71.6 Å². The van der Waals surface area contributed by atoms with Crippen molar-refractivity contribution in [3.63, 3.8) is 0 Å². The summed E-state index contributed by atoms with van der Waals surface area (Å²) >= 11 is 9.89. The summed E-state index contributed by atoms with van der Waals surface area (Å²) < 4.78 is 19.1. The molecule has 2 aromatic rings. The van der Waals surface area contributed by atoms with Crippen molar-refractivity contribution in [2.24, 2.45) is 20.2 Å². The smallest absolute Gasteiger partial charge is 0.427 e. The van der Waals surface area contributed by atoms with Crippen LogP contribution in [0.5, 0.6) is 0 Å². The second-order valence-electron chi connectivity index (χ2n) is 7.53. The molecule has 2 N–H and O–H groups in total. The zero-order valence-corrected chi connectivity index (χ0v) is 25.4. The third-order valence-electron chi connectivity index (χ3n) is 4.61. The number of carbonyl (C=O) groups excluding carboxylic acids is 2. The number of amides is 2. The van der Waals surface area contributed by atoms with Crippen molar-refractivity contribution < 1.29 is 28.5 Å². The molecule has 0 saturated carbocycles. The fraction of sp³-hybridized carbons (Fsp3) is 0.286. The number of hydrazone groups is 2. The molecule has 0 bridgehead atoms. The summed E-state index contributed by atoms with van der Waals surface area (Å²) in [5.41, 5.74) is 7.81. The maximum Gasteiger partial charge on any atom is 0.427 e. The van der Waals surface area contributed by atoms with Gasteiger partial charge in [0.15, 0.2) is 10.1 Å². The van der Waals surface area contributed by atoms with E-state index >= 15 is 0 Å². The van der Waals surface area contributed by atoms with E-state index in [0.29, 0.717) is 36.4 Å². The van der Waals surface area contributed by atoms with Gasteiger partial charge in [0.05, 0.1) is 39.9 Å². The highest BCUT2D eigenvalue weighted by atomic mass is 32.1. The van der Waals surface area contributed by atoms with E-state index in [1.807, 2.05) is 55.5 Å². The van der Waals surface area contributed by atoms with Gasteiger partial charge in [-0.25, -0.2) is 20.4 Å². The predicted molar refractivity (Wildman–Crippen MR) is 173 cm³/mol. The van der Waals surface area contributed by atoms with Crippen LogP contribution in [-0.4, -0.2) is 87.7 Å². The average molecular weight is 615 g/mol. The number of hydrogen-bond donors (Lipinski definition) is 2. The van der Waals surface area contributed by atoms with Crippen LogP contribution < -0.4 is 10.9 Å². The molecule has 0 atom stereocenters. The first-order valence-electron chi connectivity index (χ1n) is 12.6. The minimum absolute atomic E-state index is 0.296. The number of aliphatic imine (C=N–C) groups is 2. The van der Waals surface area contributed by atoms with E-state index < -0.39 is 12.2 Å². The summed E-state index contributed by atoms with van der Waals surface area (Å²) in [6.45, 7) is 5.08. The van der Waals surface area contributed by atoms with Crippen LogP contribution in [0.15, 0.2) is 68.7 Å². The van der Waals surface area contributed by atoms with Gasteiger partial charge in [-0.05, 0) is 38.3 Å². The Morgan fingerprint density at radius 3 is 1.52 bits per heavy atom. The predicted octanol–water partition coefficient (Wildman–Crippen LogP) is 4.32. The largest absolute Gasteiger partial charge is 0.488 e. The monoisotopic (exact) mass is 614 g/mol. The van der Waals surface area contributed by atoms with E-state index in [9.17, 15) is 9.59 Å². The number of ether oxygens (including phenoxy) is 4. The van der Waals surface area contributed by atoms with Gasteiger partial charge in [-0.1, -0.05) is 48.5 Å². The van der Waals surface area contributed by atoms with Crippen molar-refractivity contribution in [2.45, 2.75) is 13.8 Å². The Balaban J connectivity index is 0.000000422. The number of carbonyl (C=O) groups is 2. The highest BCUT2D eigenvalue weighted by molar-refractivity contribution is 7.80. The molecule has 0 heterocycles. The van der Waals surface area contributed by atoms with Gasteiger partial charge >= 0.3 is 12.2 Å². The van der Waals surface area contributed by atoms with Crippen LogP contribution in [0.25, 0.3) is 0 Å². The number of rotatable bonds is 12. The maximum atomic E-state index is 11.1. The zero-order chi connectivity index (χ0) is 31.0. The fourth-order valence-corrected chi connectivity index (χ4v) is 2.99. The quantitative estimate of drug-likeness (QED) is 0.204. The van der Waals surface area contributed by atoms with Crippen LogP contribution in [0.3, 0.4) is 0 Å². The molecule has 42 heavy (non-hydrogen) atoms. The topological polar surface area (TPSA) is 145 Å². The van der Waals surface area contributed by atoms with Crippen molar-refractivity contribution in [1.29, 1.82) is 0 Å². The average Bonchev–Trinajstić information content (AvgIpc) is 2.99. The van der Waals surface area contributed by atoms with Crippen LogP contribution >= 0.6 is 24.4 Å². The summed E-state index contributed by atoms with van der Waals surface area (Å²) in [5, 5.41) is 8.47. The lowest BCUT2D eigenvalue weighted by molar-refractivity contribution is 0.152. The molecule has 224 valence electrons. The zero-order valence-electron chi connectivity index (χ0n) is 23.8.